The molecule has 6 heteroatoms. The smallest absolute Gasteiger partial charge is 0.178 e. The number of hydrogen-bond donors (Lipinski definition) is 0. The Labute approximate surface area is 266 Å². The van der Waals surface area contributed by atoms with Crippen LogP contribution in [0.15, 0.2) is 46.9 Å². The topological polar surface area (TPSA) is 92.1 Å². The van der Waals surface area contributed by atoms with Crippen molar-refractivity contribution in [2.24, 2.45) is 50.2 Å². The first-order valence-corrected chi connectivity index (χ1v) is 18.4. The molecule has 0 bridgehead atoms. The van der Waals surface area contributed by atoms with Gasteiger partial charge in [0.1, 0.15) is 11.9 Å². The number of rotatable bonds is 6. The average Bonchev–Trinajstić information content (AvgIpc) is 2.93. The Morgan fingerprint density at radius 1 is 0.932 bits per heavy atom. The summed E-state index contributed by atoms with van der Waals surface area (Å²) >= 11 is 0. The van der Waals surface area contributed by atoms with Crippen LogP contribution in [0.4, 0.5) is 0 Å². The second-order valence-corrected chi connectivity index (χ2v) is 19.3. The van der Waals surface area contributed by atoms with Crippen molar-refractivity contribution < 1.29 is 18.0 Å². The first-order chi connectivity index (χ1) is 20.3. The van der Waals surface area contributed by atoms with Crippen LogP contribution in [-0.4, -0.2) is 25.7 Å². The number of allylic oxidation sites excluding steroid dienone is 2. The van der Waals surface area contributed by atoms with E-state index in [1.165, 1.54) is 0 Å². The molecule has 240 valence electrons. The van der Waals surface area contributed by atoms with Gasteiger partial charge in [-0.25, -0.2) is 8.42 Å². The molecular weight excluding hydrogens is 566 g/mol. The Morgan fingerprint density at radius 3 is 2.18 bits per heavy atom. The molecule has 0 aromatic heterocycles. The van der Waals surface area contributed by atoms with Gasteiger partial charge in [0.05, 0.1) is 16.2 Å². The molecule has 0 spiro atoms. The van der Waals surface area contributed by atoms with E-state index in [-0.39, 0.29) is 62.3 Å². The molecule has 1 unspecified atom stereocenters. The van der Waals surface area contributed by atoms with E-state index in [1.807, 2.05) is 38.1 Å². The molecule has 4 aliphatic rings. The molecule has 0 aliphatic heterocycles. The number of hydrogen-bond acceptors (Lipinski definition) is 5. The van der Waals surface area contributed by atoms with Gasteiger partial charge in [0.25, 0.3) is 0 Å². The molecule has 0 N–H and O–H groups in total. The SMILES string of the molecule is CC(=O)C[C@@H]1[C@@]2(C)C=C(C#N)C(=O)C(C)(C)[C@@H]2CC[C@@]1(C)[C@]1(C)CC[C@@]2(CS(=O)(=O)c3ccccc3)CCC(C)(C)CC2C1. The third-order valence-electron chi connectivity index (χ3n) is 13.8. The van der Waals surface area contributed by atoms with Gasteiger partial charge >= 0.3 is 0 Å². The molecule has 5 nitrogen and oxygen atoms in total. The number of fused-ring (bicyclic) bond motifs is 2. The Kier molecular flexibility index (Phi) is 8.01. The highest BCUT2D eigenvalue weighted by Gasteiger charge is 2.66. The third kappa shape index (κ3) is 5.14. The second kappa shape index (κ2) is 10.6. The summed E-state index contributed by atoms with van der Waals surface area (Å²) in [7, 11) is -3.45. The maximum atomic E-state index is 13.9. The summed E-state index contributed by atoms with van der Waals surface area (Å²) in [4.78, 5) is 26.8. The maximum absolute atomic E-state index is 13.9. The molecule has 5 rings (SSSR count). The van der Waals surface area contributed by atoms with Crippen molar-refractivity contribution in [3.63, 3.8) is 0 Å². The summed E-state index contributed by atoms with van der Waals surface area (Å²) in [5.74, 6) is 0.547. The number of carbonyl (C=O) groups excluding carboxylic acids is 2. The number of nitriles is 1. The van der Waals surface area contributed by atoms with Gasteiger partial charge in [0, 0.05) is 11.8 Å². The molecule has 1 aromatic carbocycles. The van der Waals surface area contributed by atoms with Crippen LogP contribution < -0.4 is 0 Å². The summed E-state index contributed by atoms with van der Waals surface area (Å²) in [5, 5.41) is 10.0. The number of nitrogens with zero attached hydrogens (tertiary/aromatic N) is 1. The van der Waals surface area contributed by atoms with Gasteiger partial charge in [-0.15, -0.1) is 0 Å². The van der Waals surface area contributed by atoms with Crippen LogP contribution in [0.1, 0.15) is 113 Å². The van der Waals surface area contributed by atoms with Crippen LogP contribution in [0.5, 0.6) is 0 Å². The number of benzene rings is 1. The average molecular weight is 620 g/mol. The Morgan fingerprint density at radius 2 is 1.57 bits per heavy atom. The molecule has 1 aromatic rings. The molecule has 4 aliphatic carbocycles. The molecular formula is C38H53NO4S. The highest BCUT2D eigenvalue weighted by Crippen LogP contribution is 2.72. The lowest BCUT2D eigenvalue weighted by Gasteiger charge is -2.67. The lowest BCUT2D eigenvalue weighted by Crippen LogP contribution is -2.62. The van der Waals surface area contributed by atoms with Gasteiger partial charge in [0.2, 0.25) is 0 Å². The first kappa shape index (κ1) is 33.1. The highest BCUT2D eigenvalue weighted by atomic mass is 32.2. The highest BCUT2D eigenvalue weighted by molar-refractivity contribution is 7.91. The van der Waals surface area contributed by atoms with Crippen LogP contribution >= 0.6 is 0 Å². The Bertz CT molecular complexity index is 1520. The minimum absolute atomic E-state index is 0.0240. The molecule has 0 heterocycles. The van der Waals surface area contributed by atoms with Crippen molar-refractivity contribution >= 4 is 21.4 Å². The quantitative estimate of drug-likeness (QED) is 0.318. The standard InChI is InChI=1S/C38H53NO4S/c1-26(40)20-31-36(7)21-27(24-39)32(41)34(4,5)30(36)14-15-37(31,8)35(6)17-19-38(18-16-33(2,3)22-28(38)23-35)25-44(42,43)29-12-10-9-11-13-29/h9-13,21,28,30-31H,14-20,22-23,25H2,1-8H3/t28?,30-,31+,35+,36-,37+,38+/m0/s1. The zero-order valence-electron chi connectivity index (χ0n) is 28.3. The van der Waals surface area contributed by atoms with E-state index >= 15 is 0 Å². The fourth-order valence-corrected chi connectivity index (χ4v) is 13.1. The van der Waals surface area contributed by atoms with Crippen LogP contribution in [0, 0.1) is 61.6 Å². The minimum atomic E-state index is -3.45. The van der Waals surface area contributed by atoms with Crippen molar-refractivity contribution in [1.29, 1.82) is 5.26 Å². The molecule has 0 saturated heterocycles. The summed E-state index contributed by atoms with van der Waals surface area (Å²) in [6.07, 6.45) is 9.81. The lowest BCUT2D eigenvalue weighted by molar-refractivity contribution is -0.175. The molecule has 0 radical (unpaired) electrons. The van der Waals surface area contributed by atoms with Gasteiger partial charge in [-0.3, -0.25) is 4.79 Å². The van der Waals surface area contributed by atoms with Crippen molar-refractivity contribution in [3.8, 4) is 6.07 Å². The number of carbonyl (C=O) groups is 2. The van der Waals surface area contributed by atoms with E-state index in [0.717, 1.165) is 51.4 Å². The van der Waals surface area contributed by atoms with Crippen molar-refractivity contribution in [3.05, 3.63) is 42.0 Å². The van der Waals surface area contributed by atoms with Gasteiger partial charge in [0.15, 0.2) is 15.6 Å². The van der Waals surface area contributed by atoms with Crippen molar-refractivity contribution in [2.45, 2.75) is 118 Å². The predicted octanol–water partition coefficient (Wildman–Crippen LogP) is 8.54. The molecule has 44 heavy (non-hydrogen) atoms. The first-order valence-electron chi connectivity index (χ1n) is 16.7. The van der Waals surface area contributed by atoms with Gasteiger partial charge in [-0.05, 0) is 115 Å². The van der Waals surface area contributed by atoms with E-state index in [1.54, 1.807) is 19.1 Å². The summed E-state index contributed by atoms with van der Waals surface area (Å²) < 4.78 is 27.7. The van der Waals surface area contributed by atoms with E-state index in [2.05, 4.69) is 40.7 Å². The van der Waals surface area contributed by atoms with Crippen LogP contribution in [-0.2, 0) is 19.4 Å². The monoisotopic (exact) mass is 619 g/mol. The van der Waals surface area contributed by atoms with Crippen molar-refractivity contribution in [1.82, 2.24) is 0 Å². The molecule has 3 saturated carbocycles. The van der Waals surface area contributed by atoms with Gasteiger partial charge in [-0.2, -0.15) is 5.26 Å². The maximum Gasteiger partial charge on any atom is 0.178 e. The lowest BCUT2D eigenvalue weighted by atomic mass is 9.36. The van der Waals surface area contributed by atoms with Crippen LogP contribution in [0.25, 0.3) is 0 Å². The number of ketones is 2. The second-order valence-electron chi connectivity index (χ2n) is 17.3. The van der Waals surface area contributed by atoms with Crippen molar-refractivity contribution in [2.75, 3.05) is 5.75 Å². The third-order valence-corrected chi connectivity index (χ3v) is 15.7. The predicted molar refractivity (Wildman–Crippen MR) is 174 cm³/mol. The normalized spacial score (nSPS) is 39.8. The van der Waals surface area contributed by atoms with Gasteiger partial charge in [-0.1, -0.05) is 72.7 Å². The summed E-state index contributed by atoms with van der Waals surface area (Å²) in [6, 6.07) is 11.2. The van der Waals surface area contributed by atoms with Gasteiger partial charge < -0.3 is 4.79 Å². The van der Waals surface area contributed by atoms with E-state index in [0.29, 0.717) is 11.3 Å². The number of Topliss-reactive ketones (excluding diaryl/α,β-unsaturated/α-hetero) is 2. The van der Waals surface area contributed by atoms with Crippen LogP contribution in [0.3, 0.4) is 0 Å². The summed E-state index contributed by atoms with van der Waals surface area (Å²) in [5.41, 5.74) is -1.36. The zero-order chi connectivity index (χ0) is 32.6. The Hall–Kier alpha value is -2.26. The van der Waals surface area contributed by atoms with Crippen LogP contribution in [0.2, 0.25) is 0 Å². The molecule has 3 fully saturated rings. The summed E-state index contributed by atoms with van der Waals surface area (Å²) in [6.45, 7) is 17.3. The minimum Gasteiger partial charge on any atom is -0.300 e. The fraction of sp³-hybridized carbons (Fsp3) is 0.711. The largest absolute Gasteiger partial charge is 0.300 e. The number of sulfone groups is 1. The fourth-order valence-electron chi connectivity index (χ4n) is 11.1. The molecule has 0 amide bonds. The van der Waals surface area contributed by atoms with E-state index in [4.69, 9.17) is 0 Å². The zero-order valence-corrected chi connectivity index (χ0v) is 29.1. The van der Waals surface area contributed by atoms with E-state index in [9.17, 15) is 23.3 Å². The van der Waals surface area contributed by atoms with E-state index < -0.39 is 20.7 Å². The Balaban J connectivity index is 1.57. The molecule has 7 atom stereocenters.